The minimum absolute atomic E-state index is 0.0186. The van der Waals surface area contributed by atoms with Gasteiger partial charge in [-0.05, 0) is 43.7 Å². The van der Waals surface area contributed by atoms with E-state index in [2.05, 4.69) is 28.4 Å². The molecule has 3 rings (SSSR count). The van der Waals surface area contributed by atoms with E-state index in [0.29, 0.717) is 6.61 Å². The van der Waals surface area contributed by atoms with Crippen molar-refractivity contribution in [2.24, 2.45) is 0 Å². The molecule has 158 valence electrons. The molecule has 0 radical (unpaired) electrons. The average Bonchev–Trinajstić information content (AvgIpc) is 3.03. The summed E-state index contributed by atoms with van der Waals surface area (Å²) in [5, 5.41) is 3.49. The number of hydrogen-bond acceptors (Lipinski definition) is 6. The molecular formula is C23H32N2O4. The molecule has 1 aliphatic rings. The van der Waals surface area contributed by atoms with Crippen LogP contribution in [-0.4, -0.2) is 59.0 Å². The van der Waals surface area contributed by atoms with Crippen LogP contribution in [0.2, 0.25) is 0 Å². The van der Waals surface area contributed by atoms with Gasteiger partial charge in [0.15, 0.2) is 23.0 Å². The van der Waals surface area contributed by atoms with Crippen molar-refractivity contribution in [1.29, 1.82) is 0 Å². The third-order valence-electron chi connectivity index (χ3n) is 5.27. The summed E-state index contributed by atoms with van der Waals surface area (Å²) < 4.78 is 22.7. The monoisotopic (exact) mass is 400 g/mol. The van der Waals surface area contributed by atoms with Gasteiger partial charge in [0, 0.05) is 25.2 Å². The van der Waals surface area contributed by atoms with Gasteiger partial charge in [0.05, 0.1) is 34.0 Å². The fourth-order valence-electron chi connectivity index (χ4n) is 3.97. The Hall–Kier alpha value is -2.44. The maximum absolute atomic E-state index is 5.86. The Bertz CT molecular complexity index is 788. The third-order valence-corrected chi connectivity index (χ3v) is 5.27. The molecule has 1 fully saturated rings. The van der Waals surface area contributed by atoms with Gasteiger partial charge in [-0.2, -0.15) is 0 Å². The minimum Gasteiger partial charge on any atom is -0.493 e. The van der Waals surface area contributed by atoms with Gasteiger partial charge in [0.1, 0.15) is 0 Å². The first-order valence-electron chi connectivity index (χ1n) is 10.2. The van der Waals surface area contributed by atoms with Crippen molar-refractivity contribution in [1.82, 2.24) is 10.2 Å². The molecule has 0 aliphatic carbocycles. The first-order valence-corrected chi connectivity index (χ1v) is 10.2. The highest BCUT2D eigenvalue weighted by Gasteiger charge is 2.28. The van der Waals surface area contributed by atoms with Crippen molar-refractivity contribution >= 4 is 0 Å². The summed E-state index contributed by atoms with van der Waals surface area (Å²) in [6.07, 6.45) is 1.09. The third kappa shape index (κ3) is 4.77. The molecule has 1 unspecified atom stereocenters. The lowest BCUT2D eigenvalue weighted by Gasteiger charge is -2.33. The highest BCUT2D eigenvalue weighted by Crippen LogP contribution is 2.42. The van der Waals surface area contributed by atoms with Crippen LogP contribution in [0.5, 0.6) is 23.0 Å². The summed E-state index contributed by atoms with van der Waals surface area (Å²) >= 11 is 0. The summed E-state index contributed by atoms with van der Waals surface area (Å²) in [5.41, 5.74) is 2.23. The quantitative estimate of drug-likeness (QED) is 0.732. The van der Waals surface area contributed by atoms with Gasteiger partial charge in [-0.15, -0.1) is 0 Å². The Morgan fingerprint density at radius 3 is 2.48 bits per heavy atom. The largest absolute Gasteiger partial charge is 0.493 e. The van der Waals surface area contributed by atoms with E-state index in [9.17, 15) is 0 Å². The Balaban J connectivity index is 2.13. The molecule has 0 bridgehead atoms. The van der Waals surface area contributed by atoms with Gasteiger partial charge in [-0.25, -0.2) is 0 Å². The summed E-state index contributed by atoms with van der Waals surface area (Å²) in [6, 6.07) is 12.3. The fraction of sp³-hybridized carbons (Fsp3) is 0.478. The molecule has 1 atom stereocenters. The first-order chi connectivity index (χ1) is 14.2. The van der Waals surface area contributed by atoms with Gasteiger partial charge in [0.25, 0.3) is 0 Å². The molecule has 29 heavy (non-hydrogen) atoms. The molecular weight excluding hydrogens is 368 g/mol. The number of hydrogen-bond donors (Lipinski definition) is 1. The number of nitrogens with one attached hydrogen (secondary N) is 1. The second-order valence-corrected chi connectivity index (χ2v) is 6.97. The van der Waals surface area contributed by atoms with Crippen molar-refractivity contribution < 1.29 is 18.9 Å². The van der Waals surface area contributed by atoms with Crippen LogP contribution in [0, 0.1) is 0 Å². The van der Waals surface area contributed by atoms with Crippen molar-refractivity contribution in [3.05, 3.63) is 47.5 Å². The van der Waals surface area contributed by atoms with E-state index in [4.69, 9.17) is 18.9 Å². The SMILES string of the molecule is CCOc1cc(C(c2cccc(OC)c2OC)N2CCCNCC2)ccc1OC. The zero-order valence-electron chi connectivity index (χ0n) is 17.9. The van der Waals surface area contributed by atoms with Gasteiger partial charge < -0.3 is 24.3 Å². The standard InChI is InChI=1S/C23H32N2O4/c1-5-29-21-16-17(10-11-19(21)26-2)22(25-14-7-12-24-13-15-25)18-8-6-9-20(27-3)23(18)28-4/h6,8-11,16,22,24H,5,7,12-15H2,1-4H3. The van der Waals surface area contributed by atoms with Crippen molar-refractivity contribution in [3.63, 3.8) is 0 Å². The van der Waals surface area contributed by atoms with Crippen molar-refractivity contribution in [3.8, 4) is 23.0 Å². The summed E-state index contributed by atoms with van der Waals surface area (Å²) in [7, 11) is 5.04. The number of rotatable bonds is 8. The van der Waals surface area contributed by atoms with Gasteiger partial charge >= 0.3 is 0 Å². The summed E-state index contributed by atoms with van der Waals surface area (Å²) in [6.45, 7) is 6.49. The Morgan fingerprint density at radius 2 is 1.76 bits per heavy atom. The lowest BCUT2D eigenvalue weighted by atomic mass is 9.95. The van der Waals surface area contributed by atoms with E-state index < -0.39 is 0 Å². The molecule has 1 saturated heterocycles. The number of methoxy groups -OCH3 is 3. The number of nitrogens with zero attached hydrogens (tertiary/aromatic N) is 1. The lowest BCUT2D eigenvalue weighted by Crippen LogP contribution is -2.33. The number of ether oxygens (including phenoxy) is 4. The van der Waals surface area contributed by atoms with Crippen LogP contribution in [-0.2, 0) is 0 Å². The smallest absolute Gasteiger partial charge is 0.165 e. The van der Waals surface area contributed by atoms with Crippen LogP contribution in [0.1, 0.15) is 30.5 Å². The van der Waals surface area contributed by atoms with Crippen LogP contribution in [0.3, 0.4) is 0 Å². The van der Waals surface area contributed by atoms with Crippen LogP contribution in [0.25, 0.3) is 0 Å². The van der Waals surface area contributed by atoms with E-state index in [1.807, 2.05) is 25.1 Å². The van der Waals surface area contributed by atoms with E-state index in [0.717, 1.165) is 66.7 Å². The van der Waals surface area contributed by atoms with Gasteiger partial charge in [0.2, 0.25) is 0 Å². The molecule has 0 amide bonds. The fourth-order valence-corrected chi connectivity index (χ4v) is 3.97. The first kappa shape index (κ1) is 21.3. The summed E-state index contributed by atoms with van der Waals surface area (Å²) in [4.78, 5) is 2.49. The van der Waals surface area contributed by atoms with Gasteiger partial charge in [-0.1, -0.05) is 18.2 Å². The Kier molecular flexibility index (Phi) is 7.61. The number of para-hydroxylation sites is 1. The molecule has 1 heterocycles. The van der Waals surface area contributed by atoms with Crippen molar-refractivity contribution in [2.75, 3.05) is 54.1 Å². The van der Waals surface area contributed by atoms with Crippen LogP contribution >= 0.6 is 0 Å². The van der Waals surface area contributed by atoms with Crippen LogP contribution < -0.4 is 24.3 Å². The van der Waals surface area contributed by atoms with E-state index in [-0.39, 0.29) is 6.04 Å². The molecule has 1 N–H and O–H groups in total. The van der Waals surface area contributed by atoms with E-state index in [1.54, 1.807) is 21.3 Å². The van der Waals surface area contributed by atoms with E-state index in [1.165, 1.54) is 0 Å². The average molecular weight is 401 g/mol. The van der Waals surface area contributed by atoms with Crippen LogP contribution in [0.15, 0.2) is 36.4 Å². The molecule has 1 aliphatic heterocycles. The Labute approximate surface area is 173 Å². The molecule has 0 saturated carbocycles. The van der Waals surface area contributed by atoms with Crippen molar-refractivity contribution in [2.45, 2.75) is 19.4 Å². The van der Waals surface area contributed by atoms with Gasteiger partial charge in [-0.3, -0.25) is 4.90 Å². The molecule has 2 aromatic carbocycles. The highest BCUT2D eigenvalue weighted by molar-refractivity contribution is 5.53. The predicted octanol–water partition coefficient (Wildman–Crippen LogP) is 3.50. The molecule has 2 aromatic rings. The topological polar surface area (TPSA) is 52.2 Å². The normalized spacial score (nSPS) is 16.0. The maximum atomic E-state index is 5.86. The zero-order chi connectivity index (χ0) is 20.6. The lowest BCUT2D eigenvalue weighted by molar-refractivity contribution is 0.233. The second-order valence-electron chi connectivity index (χ2n) is 6.97. The highest BCUT2D eigenvalue weighted by atomic mass is 16.5. The van der Waals surface area contributed by atoms with Crippen LogP contribution in [0.4, 0.5) is 0 Å². The second kappa shape index (κ2) is 10.4. The number of benzene rings is 2. The molecule has 6 nitrogen and oxygen atoms in total. The molecule has 0 spiro atoms. The predicted molar refractivity (Wildman–Crippen MR) is 115 cm³/mol. The Morgan fingerprint density at radius 1 is 0.931 bits per heavy atom. The minimum atomic E-state index is 0.0186. The molecule has 0 aromatic heterocycles. The zero-order valence-corrected chi connectivity index (χ0v) is 17.9. The maximum Gasteiger partial charge on any atom is 0.165 e. The van der Waals surface area contributed by atoms with E-state index >= 15 is 0 Å². The summed E-state index contributed by atoms with van der Waals surface area (Å²) in [5.74, 6) is 3.00. The molecule has 6 heteroatoms.